The predicted octanol–water partition coefficient (Wildman–Crippen LogP) is 3.56. The van der Waals surface area contributed by atoms with Crippen LogP contribution in [0.3, 0.4) is 0 Å². The summed E-state index contributed by atoms with van der Waals surface area (Å²) in [6.07, 6.45) is 0. The minimum Gasteiger partial charge on any atom is -0.490 e. The molecule has 0 spiro atoms. The van der Waals surface area contributed by atoms with Crippen molar-refractivity contribution in [2.75, 3.05) is 18.1 Å². The molecule has 1 amide bonds. The van der Waals surface area contributed by atoms with E-state index in [9.17, 15) is 14.4 Å². The van der Waals surface area contributed by atoms with E-state index in [1.165, 1.54) is 15.9 Å². The Labute approximate surface area is 194 Å². The van der Waals surface area contributed by atoms with Crippen LogP contribution in [0.4, 0.5) is 5.69 Å². The number of aryl methyl sites for hydroxylation is 3. The number of thiophene rings is 1. The number of hydrogen-bond acceptors (Lipinski definition) is 5. The second-order valence-electron chi connectivity index (χ2n) is 8.28. The summed E-state index contributed by atoms with van der Waals surface area (Å²) in [5.74, 6) is 0.415. The van der Waals surface area contributed by atoms with Crippen molar-refractivity contribution in [3.63, 3.8) is 0 Å². The summed E-state index contributed by atoms with van der Waals surface area (Å²) in [5.41, 5.74) is 3.83. The number of benzene rings is 2. The number of amides is 1. The number of hydrogen-bond donors (Lipinski definition) is 0. The lowest BCUT2D eigenvalue weighted by molar-refractivity contribution is -0.119. The molecule has 0 N–H and O–H groups in total. The summed E-state index contributed by atoms with van der Waals surface area (Å²) in [6, 6.07) is 12.9. The van der Waals surface area contributed by atoms with Gasteiger partial charge in [0.1, 0.15) is 23.6 Å². The second kappa shape index (κ2) is 8.04. The zero-order chi connectivity index (χ0) is 23.3. The van der Waals surface area contributed by atoms with Gasteiger partial charge in [-0.2, -0.15) is 0 Å². The minimum atomic E-state index is -0.528. The van der Waals surface area contributed by atoms with Crippen LogP contribution < -0.4 is 20.9 Å². The molecule has 8 heteroatoms. The summed E-state index contributed by atoms with van der Waals surface area (Å²) in [4.78, 5) is 41.8. The van der Waals surface area contributed by atoms with Gasteiger partial charge in [-0.15, -0.1) is 11.3 Å². The molecule has 3 heterocycles. The van der Waals surface area contributed by atoms with Crippen LogP contribution in [0.25, 0.3) is 15.9 Å². The molecule has 1 aliphatic heterocycles. The van der Waals surface area contributed by atoms with Crippen LogP contribution in [0.2, 0.25) is 0 Å². The van der Waals surface area contributed by atoms with Crippen molar-refractivity contribution < 1.29 is 9.53 Å². The summed E-state index contributed by atoms with van der Waals surface area (Å²) < 4.78 is 8.70. The van der Waals surface area contributed by atoms with Crippen LogP contribution in [0.5, 0.6) is 5.75 Å². The third kappa shape index (κ3) is 3.56. The van der Waals surface area contributed by atoms with Crippen molar-refractivity contribution in [3.05, 3.63) is 85.4 Å². The molecule has 2 aromatic carbocycles. The van der Waals surface area contributed by atoms with Crippen molar-refractivity contribution in [1.82, 2.24) is 9.13 Å². The molecule has 0 saturated carbocycles. The lowest BCUT2D eigenvalue weighted by atomic mass is 10.1. The fourth-order valence-electron chi connectivity index (χ4n) is 4.14. The SMILES string of the molecule is Cc1ccc2c(c1)N(C(=O)Cn1c(=O)n(-c3ccc(C)c(C)c3)c(=O)c3sccc31)CCO2. The van der Waals surface area contributed by atoms with Gasteiger partial charge in [0.25, 0.3) is 5.56 Å². The van der Waals surface area contributed by atoms with E-state index in [0.29, 0.717) is 40.5 Å². The van der Waals surface area contributed by atoms with E-state index in [-0.39, 0.29) is 18.0 Å². The number of rotatable bonds is 3. The summed E-state index contributed by atoms with van der Waals surface area (Å²) in [5, 5.41) is 1.77. The van der Waals surface area contributed by atoms with Crippen LogP contribution in [-0.4, -0.2) is 28.2 Å². The van der Waals surface area contributed by atoms with Crippen LogP contribution in [0, 0.1) is 20.8 Å². The third-order valence-corrected chi connectivity index (χ3v) is 6.97. The second-order valence-corrected chi connectivity index (χ2v) is 9.19. The maximum absolute atomic E-state index is 13.6. The Bertz CT molecular complexity index is 1530. The van der Waals surface area contributed by atoms with Crippen LogP contribution >= 0.6 is 11.3 Å². The lowest BCUT2D eigenvalue weighted by Gasteiger charge is -2.30. The fourth-order valence-corrected chi connectivity index (χ4v) is 4.96. The molecule has 0 atom stereocenters. The Kier molecular flexibility index (Phi) is 5.17. The van der Waals surface area contributed by atoms with E-state index in [1.54, 1.807) is 22.4 Å². The number of carbonyl (C=O) groups is 1. The Balaban J connectivity index is 1.63. The highest BCUT2D eigenvalue weighted by atomic mass is 32.1. The molecule has 2 aromatic heterocycles. The van der Waals surface area contributed by atoms with E-state index in [4.69, 9.17) is 4.74 Å². The molecule has 0 bridgehead atoms. The highest BCUT2D eigenvalue weighted by Crippen LogP contribution is 2.32. The quantitative estimate of drug-likeness (QED) is 0.468. The van der Waals surface area contributed by atoms with E-state index in [2.05, 4.69) is 0 Å². The number of ether oxygens (including phenoxy) is 1. The summed E-state index contributed by atoms with van der Waals surface area (Å²) in [6.45, 7) is 6.47. The van der Waals surface area contributed by atoms with Gasteiger partial charge < -0.3 is 9.64 Å². The van der Waals surface area contributed by atoms with Crippen molar-refractivity contribution in [3.8, 4) is 11.4 Å². The molecular formula is C25H23N3O4S. The number of anilines is 1. The minimum absolute atomic E-state index is 0.176. The predicted molar refractivity (Wildman–Crippen MR) is 130 cm³/mol. The molecule has 4 aromatic rings. The Morgan fingerprint density at radius 2 is 1.85 bits per heavy atom. The Hall–Kier alpha value is -3.65. The van der Waals surface area contributed by atoms with Crippen molar-refractivity contribution >= 4 is 33.1 Å². The number of aromatic nitrogens is 2. The normalized spacial score (nSPS) is 13.1. The zero-order valence-electron chi connectivity index (χ0n) is 18.6. The molecule has 1 aliphatic rings. The largest absolute Gasteiger partial charge is 0.490 e. The highest BCUT2D eigenvalue weighted by Gasteiger charge is 2.26. The average Bonchev–Trinajstić information content (AvgIpc) is 3.28. The van der Waals surface area contributed by atoms with E-state index in [1.807, 2.05) is 51.1 Å². The zero-order valence-corrected chi connectivity index (χ0v) is 19.4. The van der Waals surface area contributed by atoms with Crippen molar-refractivity contribution in [2.45, 2.75) is 27.3 Å². The maximum atomic E-state index is 13.6. The lowest BCUT2D eigenvalue weighted by Crippen LogP contribution is -2.44. The molecule has 7 nitrogen and oxygen atoms in total. The van der Waals surface area contributed by atoms with Gasteiger partial charge in [-0.3, -0.25) is 14.2 Å². The average molecular weight is 462 g/mol. The summed E-state index contributed by atoms with van der Waals surface area (Å²) in [7, 11) is 0. The molecule has 5 rings (SSSR count). The topological polar surface area (TPSA) is 73.5 Å². The van der Waals surface area contributed by atoms with Gasteiger partial charge in [-0.05, 0) is 73.2 Å². The standard InChI is InChI=1S/C25H23N3O4S/c1-15-4-7-21-20(12-15)26(9-10-32-21)22(29)14-27-19-8-11-33-23(19)24(30)28(25(27)31)18-6-5-16(2)17(3)13-18/h4-8,11-13H,9-10,14H2,1-3H3. The number of fused-ring (bicyclic) bond motifs is 2. The third-order valence-electron chi connectivity index (χ3n) is 6.08. The smallest absolute Gasteiger partial charge is 0.336 e. The Morgan fingerprint density at radius 1 is 1.03 bits per heavy atom. The first-order valence-electron chi connectivity index (χ1n) is 10.7. The highest BCUT2D eigenvalue weighted by molar-refractivity contribution is 7.17. The number of carbonyl (C=O) groups excluding carboxylic acids is 1. The van der Waals surface area contributed by atoms with Crippen molar-refractivity contribution in [1.29, 1.82) is 0 Å². The van der Waals surface area contributed by atoms with Gasteiger partial charge in [0.2, 0.25) is 5.91 Å². The molecule has 168 valence electrons. The molecule has 0 radical (unpaired) electrons. The van der Waals surface area contributed by atoms with Crippen LogP contribution in [-0.2, 0) is 11.3 Å². The van der Waals surface area contributed by atoms with Crippen LogP contribution in [0.1, 0.15) is 16.7 Å². The maximum Gasteiger partial charge on any atom is 0.336 e. The van der Waals surface area contributed by atoms with Gasteiger partial charge >= 0.3 is 5.69 Å². The van der Waals surface area contributed by atoms with E-state index in [0.717, 1.165) is 21.3 Å². The van der Waals surface area contributed by atoms with Crippen LogP contribution in [0.15, 0.2) is 57.4 Å². The molecular weight excluding hydrogens is 438 g/mol. The first-order chi connectivity index (χ1) is 15.8. The monoisotopic (exact) mass is 461 g/mol. The van der Waals surface area contributed by atoms with E-state index >= 15 is 0 Å². The van der Waals surface area contributed by atoms with Gasteiger partial charge in [-0.1, -0.05) is 12.1 Å². The molecule has 0 saturated heterocycles. The first kappa shape index (κ1) is 21.2. The van der Waals surface area contributed by atoms with Gasteiger partial charge in [0.05, 0.1) is 23.4 Å². The molecule has 0 fully saturated rings. The molecule has 33 heavy (non-hydrogen) atoms. The molecule has 0 unspecified atom stereocenters. The summed E-state index contributed by atoms with van der Waals surface area (Å²) >= 11 is 1.27. The van der Waals surface area contributed by atoms with Gasteiger partial charge in [0, 0.05) is 0 Å². The number of nitrogens with zero attached hydrogens (tertiary/aromatic N) is 3. The van der Waals surface area contributed by atoms with Gasteiger partial charge in [-0.25, -0.2) is 9.36 Å². The first-order valence-corrected chi connectivity index (χ1v) is 11.6. The fraction of sp³-hybridized carbons (Fsp3) is 0.240. The molecule has 0 aliphatic carbocycles. The Morgan fingerprint density at radius 3 is 2.64 bits per heavy atom. The van der Waals surface area contributed by atoms with Crippen molar-refractivity contribution in [2.24, 2.45) is 0 Å². The van der Waals surface area contributed by atoms with E-state index < -0.39 is 5.69 Å². The van der Waals surface area contributed by atoms with Gasteiger partial charge in [0.15, 0.2) is 0 Å².